The van der Waals surface area contributed by atoms with Gasteiger partial charge in [0.1, 0.15) is 0 Å². The zero-order valence-corrected chi connectivity index (χ0v) is 2.36. The Hall–Kier alpha value is -0.410. The van der Waals surface area contributed by atoms with Crippen molar-refractivity contribution in [3.05, 3.63) is 0 Å². The molecule has 26 valence electrons. The maximum Gasteiger partial charge on any atom is -0.0187 e. The van der Waals surface area contributed by atoms with Gasteiger partial charge in [-0.3, -0.25) is 11.7 Å². The van der Waals surface area contributed by atoms with Crippen LogP contribution in [0.15, 0.2) is 0 Å². The van der Waals surface area contributed by atoms with Gasteiger partial charge in [-0.15, -0.1) is 0 Å². The summed E-state index contributed by atoms with van der Waals surface area (Å²) >= 11 is 0. The molecule has 0 amide bonds. The summed E-state index contributed by atoms with van der Waals surface area (Å²) in [5.41, 5.74) is 0. The first-order valence-corrected chi connectivity index (χ1v) is 0.687. The predicted octanol–water partition coefficient (Wildman–Crippen LogP) is -0.915. The van der Waals surface area contributed by atoms with Crippen molar-refractivity contribution in [2.75, 3.05) is 0 Å². The molecule has 0 aliphatic heterocycles. The van der Waals surface area contributed by atoms with Gasteiger partial charge in [0.2, 0.25) is 0 Å². The number of nitrogens with one attached hydrogen (secondary N) is 1. The number of hydrazine groups is 1. The molecule has 5 N–H and O–H groups in total. The third-order valence-electron chi connectivity index (χ3n) is 0. The van der Waals surface area contributed by atoms with Crippen LogP contribution < -0.4 is 11.7 Å². The van der Waals surface area contributed by atoms with E-state index in [1.165, 1.54) is 0 Å². The second-order valence-corrected chi connectivity index (χ2v) is 0. The van der Waals surface area contributed by atoms with Crippen molar-refractivity contribution in [1.29, 1.82) is 5.41 Å². The molecule has 0 unspecified atom stereocenters. The van der Waals surface area contributed by atoms with E-state index in [0.29, 0.717) is 0 Å². The molecule has 0 saturated carbocycles. The third-order valence-corrected chi connectivity index (χ3v) is 0. The quantitative estimate of drug-likeness (QED) is 0.192. The van der Waals surface area contributed by atoms with Gasteiger partial charge in [0, 0.05) is 0 Å². The summed E-state index contributed by atoms with van der Waals surface area (Å²) in [6, 6.07) is 0. The van der Waals surface area contributed by atoms with Crippen molar-refractivity contribution in [1.82, 2.24) is 0 Å². The lowest BCUT2D eigenvalue weighted by Gasteiger charge is -1.27. The van der Waals surface area contributed by atoms with E-state index >= 15 is 0 Å². The molecule has 0 radical (unpaired) electrons. The van der Waals surface area contributed by atoms with E-state index < -0.39 is 0 Å². The zero-order chi connectivity index (χ0) is 4.00. The first kappa shape index (κ1) is 9.53. The largest absolute Gasteiger partial charge is 0.317 e. The molecule has 4 heavy (non-hydrogen) atoms. The highest BCUT2D eigenvalue weighted by Gasteiger charge is 0.726. The molecule has 0 aromatic carbocycles. The van der Waals surface area contributed by atoms with Crippen molar-refractivity contribution >= 4 is 6.72 Å². The Kier molecular flexibility index (Phi) is 92.8. The number of hydrogen-bond acceptors (Lipinski definition) is 3. The SMILES string of the molecule is C=N.NN. The van der Waals surface area contributed by atoms with Crippen molar-refractivity contribution in [2.45, 2.75) is 0 Å². The minimum Gasteiger partial charge on any atom is -0.317 e. The molecule has 3 heteroatoms. The Labute approximate surface area is 25.1 Å². The van der Waals surface area contributed by atoms with Gasteiger partial charge in [0.15, 0.2) is 0 Å². The molecule has 0 atom stereocenters. The lowest BCUT2D eigenvalue weighted by Crippen LogP contribution is -2.02. The highest BCUT2D eigenvalue weighted by molar-refractivity contribution is 5.15. The highest BCUT2D eigenvalue weighted by Crippen LogP contribution is 0.633. The summed E-state index contributed by atoms with van der Waals surface area (Å²) in [6.07, 6.45) is 0. The fraction of sp³-hybridized carbons (Fsp3) is 0. The number of hydrogen-bond donors (Lipinski definition) is 3. The van der Waals surface area contributed by atoms with Crippen molar-refractivity contribution in [3.63, 3.8) is 0 Å². The molecule has 0 spiro atoms. The molecule has 0 saturated heterocycles. The fourth-order valence-electron chi connectivity index (χ4n) is 0. The summed E-state index contributed by atoms with van der Waals surface area (Å²) in [5.74, 6) is 8.00. The first-order chi connectivity index (χ1) is 2.00. The van der Waals surface area contributed by atoms with Crippen LogP contribution in [0.2, 0.25) is 0 Å². The monoisotopic (exact) mass is 61.1 g/mol. The molecule has 0 bridgehead atoms. The minimum absolute atomic E-state index is 2.50. The standard InChI is InChI=1S/CH3N.H4N2/c2*1-2/h2H,1H2;1-2H2. The maximum atomic E-state index is 5.50. The Morgan fingerprint density at radius 2 is 1.25 bits per heavy atom. The summed E-state index contributed by atoms with van der Waals surface area (Å²) in [7, 11) is 0. The van der Waals surface area contributed by atoms with Crippen LogP contribution in [0.5, 0.6) is 0 Å². The first-order valence-electron chi connectivity index (χ1n) is 0.687. The van der Waals surface area contributed by atoms with Gasteiger partial charge in [0.05, 0.1) is 0 Å². The molecule has 0 heterocycles. The molecular formula is CH7N3. The Balaban J connectivity index is 0. The van der Waals surface area contributed by atoms with Gasteiger partial charge in [-0.2, -0.15) is 0 Å². The summed E-state index contributed by atoms with van der Waals surface area (Å²) in [5, 5.41) is 5.50. The van der Waals surface area contributed by atoms with Crippen molar-refractivity contribution in [3.8, 4) is 0 Å². The van der Waals surface area contributed by atoms with Crippen LogP contribution in [-0.2, 0) is 0 Å². The summed E-state index contributed by atoms with van der Waals surface area (Å²) in [6.45, 7) is 2.50. The van der Waals surface area contributed by atoms with Crippen LogP contribution >= 0.6 is 0 Å². The van der Waals surface area contributed by atoms with E-state index in [1.54, 1.807) is 0 Å². The maximum absolute atomic E-state index is 5.50. The third kappa shape index (κ3) is 3.29. The molecular weight excluding hydrogens is 54.0 g/mol. The second kappa shape index (κ2) is 39.0. The smallest absolute Gasteiger partial charge is 0.0187 e. The van der Waals surface area contributed by atoms with Crippen LogP contribution in [0.25, 0.3) is 0 Å². The van der Waals surface area contributed by atoms with Crippen LogP contribution in [0.3, 0.4) is 0 Å². The van der Waals surface area contributed by atoms with Crippen LogP contribution in [-0.4, -0.2) is 6.72 Å². The van der Waals surface area contributed by atoms with E-state index in [0.717, 1.165) is 0 Å². The Bertz CT molecular complexity index is 3.25. The lowest BCUT2D eigenvalue weighted by atomic mass is 11.8. The molecule has 0 aliphatic carbocycles. The predicted molar refractivity (Wildman–Crippen MR) is 18.2 cm³/mol. The number of nitrogens with two attached hydrogens (primary N) is 2. The normalized spacial score (nSPS) is 2.50. The van der Waals surface area contributed by atoms with E-state index in [-0.39, 0.29) is 0 Å². The highest BCUT2D eigenvalue weighted by atomic mass is 15.0. The van der Waals surface area contributed by atoms with E-state index in [9.17, 15) is 0 Å². The van der Waals surface area contributed by atoms with Gasteiger partial charge in [-0.05, 0) is 6.72 Å². The molecule has 3 nitrogen and oxygen atoms in total. The minimum atomic E-state index is 2.50. The summed E-state index contributed by atoms with van der Waals surface area (Å²) < 4.78 is 0. The molecule has 0 aliphatic rings. The molecule has 0 fully saturated rings. The average Bonchev–Trinajstić information content (AvgIpc) is 1.50. The summed E-state index contributed by atoms with van der Waals surface area (Å²) in [4.78, 5) is 0. The van der Waals surface area contributed by atoms with Gasteiger partial charge in [-0.25, -0.2) is 0 Å². The van der Waals surface area contributed by atoms with Gasteiger partial charge in [0.25, 0.3) is 0 Å². The van der Waals surface area contributed by atoms with Crippen molar-refractivity contribution < 1.29 is 0 Å². The lowest BCUT2D eigenvalue weighted by molar-refractivity contribution is 1.26. The molecule has 0 rings (SSSR count). The second-order valence-electron chi connectivity index (χ2n) is 0. The van der Waals surface area contributed by atoms with Crippen LogP contribution in [0.4, 0.5) is 0 Å². The average molecular weight is 61.1 g/mol. The van der Waals surface area contributed by atoms with E-state index in [4.69, 9.17) is 5.41 Å². The van der Waals surface area contributed by atoms with Gasteiger partial charge >= 0.3 is 0 Å². The van der Waals surface area contributed by atoms with E-state index in [2.05, 4.69) is 18.4 Å². The Morgan fingerprint density at radius 3 is 1.25 bits per heavy atom. The fourth-order valence-corrected chi connectivity index (χ4v) is 0. The topological polar surface area (TPSA) is 75.9 Å². The van der Waals surface area contributed by atoms with Gasteiger partial charge in [-0.1, -0.05) is 0 Å². The Morgan fingerprint density at radius 1 is 1.25 bits per heavy atom. The molecule has 0 aromatic heterocycles. The van der Waals surface area contributed by atoms with Crippen molar-refractivity contribution in [2.24, 2.45) is 11.7 Å². The van der Waals surface area contributed by atoms with Crippen LogP contribution in [0.1, 0.15) is 0 Å². The molecule has 0 aromatic rings. The van der Waals surface area contributed by atoms with Crippen LogP contribution in [0, 0.1) is 5.41 Å². The van der Waals surface area contributed by atoms with Gasteiger partial charge < -0.3 is 5.41 Å². The van der Waals surface area contributed by atoms with E-state index in [1.807, 2.05) is 0 Å². The zero-order valence-electron chi connectivity index (χ0n) is 2.36. The number of rotatable bonds is 0.